The van der Waals surface area contributed by atoms with Gasteiger partial charge in [0.25, 0.3) is 0 Å². The van der Waals surface area contributed by atoms with Gasteiger partial charge in [0.2, 0.25) is 5.91 Å². The van der Waals surface area contributed by atoms with Crippen LogP contribution in [0, 0.1) is 0 Å². The number of amides is 1. The Kier molecular flexibility index (Phi) is 6.22. The third-order valence-electron chi connectivity index (χ3n) is 3.18. The second kappa shape index (κ2) is 7.26. The van der Waals surface area contributed by atoms with Gasteiger partial charge in [-0.15, -0.1) is 0 Å². The SMILES string of the molecule is CN(C/C=C/C(=O)NC1CCOC(C)(C)C1)CC(F)(F)F. The number of hydrogen-bond acceptors (Lipinski definition) is 3. The van der Waals surface area contributed by atoms with Crippen LogP contribution >= 0.6 is 0 Å². The highest BCUT2D eigenvalue weighted by Crippen LogP contribution is 2.23. The zero-order valence-electron chi connectivity index (χ0n) is 12.7. The van der Waals surface area contributed by atoms with Crippen LogP contribution in [0.1, 0.15) is 26.7 Å². The predicted octanol–water partition coefficient (Wildman–Crippen LogP) is 2.11. The summed E-state index contributed by atoms with van der Waals surface area (Å²) in [7, 11) is 1.36. The summed E-state index contributed by atoms with van der Waals surface area (Å²) in [5.74, 6) is -0.280. The molecule has 1 rings (SSSR count). The number of ether oxygens (including phenoxy) is 1. The molecule has 1 atom stereocenters. The van der Waals surface area contributed by atoms with Crippen LogP contribution in [0.5, 0.6) is 0 Å². The van der Waals surface area contributed by atoms with Crippen LogP contribution in [-0.4, -0.2) is 55.4 Å². The molecule has 0 bridgehead atoms. The molecule has 0 aliphatic carbocycles. The van der Waals surface area contributed by atoms with Gasteiger partial charge < -0.3 is 10.1 Å². The number of likely N-dealkylation sites (N-methyl/N-ethyl adjacent to an activating group) is 1. The molecule has 0 saturated carbocycles. The maximum Gasteiger partial charge on any atom is 0.401 e. The maximum absolute atomic E-state index is 12.1. The Morgan fingerprint density at radius 2 is 2.14 bits per heavy atom. The Balaban J connectivity index is 2.31. The molecule has 1 N–H and O–H groups in total. The Hall–Kier alpha value is -1.08. The van der Waals surface area contributed by atoms with E-state index in [1.54, 1.807) is 0 Å². The fourth-order valence-electron chi connectivity index (χ4n) is 2.31. The lowest BCUT2D eigenvalue weighted by Gasteiger charge is -2.35. The summed E-state index contributed by atoms with van der Waals surface area (Å²) in [5, 5.41) is 2.85. The van der Waals surface area contributed by atoms with Gasteiger partial charge in [-0.3, -0.25) is 9.69 Å². The normalized spacial score (nSPS) is 22.7. The van der Waals surface area contributed by atoms with Crippen molar-refractivity contribution < 1.29 is 22.7 Å². The fraction of sp³-hybridized carbons (Fsp3) is 0.786. The molecule has 1 unspecified atom stereocenters. The van der Waals surface area contributed by atoms with Crippen molar-refractivity contribution in [3.8, 4) is 0 Å². The summed E-state index contributed by atoms with van der Waals surface area (Å²) in [6, 6.07) is 0.0406. The molecule has 1 aliphatic heterocycles. The first kappa shape index (κ1) is 18.0. The molecule has 0 aromatic heterocycles. The quantitative estimate of drug-likeness (QED) is 0.791. The largest absolute Gasteiger partial charge is 0.401 e. The second-order valence-corrected chi connectivity index (χ2v) is 6.02. The van der Waals surface area contributed by atoms with Crippen LogP contribution in [-0.2, 0) is 9.53 Å². The standard InChI is InChI=1S/C14H23F3N2O2/c1-13(2)9-11(6-8-21-13)18-12(20)5-4-7-19(3)10-14(15,16)17/h4-5,11H,6-10H2,1-3H3,(H,18,20)/b5-4+. The Morgan fingerprint density at radius 3 is 2.71 bits per heavy atom. The number of nitrogens with zero attached hydrogens (tertiary/aromatic N) is 1. The van der Waals surface area contributed by atoms with E-state index < -0.39 is 12.7 Å². The van der Waals surface area contributed by atoms with E-state index in [1.165, 1.54) is 19.2 Å². The Bertz CT molecular complexity index is 381. The molecular weight excluding hydrogens is 285 g/mol. The molecule has 0 spiro atoms. The minimum Gasteiger partial charge on any atom is -0.375 e. The van der Waals surface area contributed by atoms with E-state index in [0.29, 0.717) is 6.61 Å². The van der Waals surface area contributed by atoms with Crippen LogP contribution in [0.2, 0.25) is 0 Å². The van der Waals surface area contributed by atoms with Gasteiger partial charge in [0, 0.05) is 25.3 Å². The van der Waals surface area contributed by atoms with E-state index in [-0.39, 0.29) is 24.1 Å². The zero-order chi connectivity index (χ0) is 16.1. The summed E-state index contributed by atoms with van der Waals surface area (Å²) in [4.78, 5) is 12.8. The smallest absolute Gasteiger partial charge is 0.375 e. The van der Waals surface area contributed by atoms with Crippen molar-refractivity contribution in [2.24, 2.45) is 0 Å². The number of carbonyl (C=O) groups excluding carboxylic acids is 1. The van der Waals surface area contributed by atoms with Gasteiger partial charge in [-0.05, 0) is 33.7 Å². The molecule has 1 saturated heterocycles. The van der Waals surface area contributed by atoms with E-state index in [2.05, 4.69) is 5.32 Å². The molecule has 122 valence electrons. The Labute approximate surface area is 123 Å². The minimum absolute atomic E-state index is 0.0406. The highest BCUT2D eigenvalue weighted by atomic mass is 19.4. The molecule has 0 aromatic carbocycles. The molecule has 7 heteroatoms. The van der Waals surface area contributed by atoms with Crippen molar-refractivity contribution in [2.75, 3.05) is 26.7 Å². The molecule has 1 heterocycles. The maximum atomic E-state index is 12.1. The number of hydrogen-bond donors (Lipinski definition) is 1. The van der Waals surface area contributed by atoms with E-state index in [1.807, 2.05) is 13.8 Å². The van der Waals surface area contributed by atoms with Gasteiger partial charge in [0.15, 0.2) is 0 Å². The van der Waals surface area contributed by atoms with Gasteiger partial charge in [0.05, 0.1) is 12.1 Å². The van der Waals surface area contributed by atoms with Gasteiger partial charge >= 0.3 is 6.18 Å². The lowest BCUT2D eigenvalue weighted by atomic mass is 9.94. The van der Waals surface area contributed by atoms with Crippen LogP contribution in [0.3, 0.4) is 0 Å². The first-order valence-corrected chi connectivity index (χ1v) is 6.94. The monoisotopic (exact) mass is 308 g/mol. The van der Waals surface area contributed by atoms with Gasteiger partial charge in [-0.25, -0.2) is 0 Å². The second-order valence-electron chi connectivity index (χ2n) is 6.02. The van der Waals surface area contributed by atoms with Crippen LogP contribution in [0.4, 0.5) is 13.2 Å². The fourth-order valence-corrected chi connectivity index (χ4v) is 2.31. The van der Waals surface area contributed by atoms with Crippen molar-refractivity contribution in [3.63, 3.8) is 0 Å². The first-order chi connectivity index (χ1) is 9.57. The summed E-state index contributed by atoms with van der Waals surface area (Å²) < 4.78 is 41.9. The zero-order valence-corrected chi connectivity index (χ0v) is 12.7. The lowest BCUT2D eigenvalue weighted by Crippen LogP contribution is -2.45. The Morgan fingerprint density at radius 1 is 1.48 bits per heavy atom. The summed E-state index contributed by atoms with van der Waals surface area (Å²) >= 11 is 0. The summed E-state index contributed by atoms with van der Waals surface area (Å²) in [6.45, 7) is 3.61. The molecule has 4 nitrogen and oxygen atoms in total. The van der Waals surface area contributed by atoms with E-state index >= 15 is 0 Å². The number of halogens is 3. The van der Waals surface area contributed by atoms with E-state index in [0.717, 1.165) is 17.7 Å². The minimum atomic E-state index is -4.22. The average molecular weight is 308 g/mol. The van der Waals surface area contributed by atoms with Gasteiger partial charge in [-0.1, -0.05) is 6.08 Å². The van der Waals surface area contributed by atoms with Crippen LogP contribution in [0.15, 0.2) is 12.2 Å². The van der Waals surface area contributed by atoms with Crippen LogP contribution < -0.4 is 5.32 Å². The van der Waals surface area contributed by atoms with Crippen molar-refractivity contribution in [2.45, 2.75) is 44.5 Å². The van der Waals surface area contributed by atoms with Gasteiger partial charge in [-0.2, -0.15) is 13.2 Å². The first-order valence-electron chi connectivity index (χ1n) is 6.94. The molecule has 1 amide bonds. The highest BCUT2D eigenvalue weighted by Gasteiger charge is 2.30. The van der Waals surface area contributed by atoms with Crippen molar-refractivity contribution in [3.05, 3.63) is 12.2 Å². The molecular formula is C14H23F3N2O2. The molecule has 0 aromatic rings. The number of alkyl halides is 3. The van der Waals surface area contributed by atoms with E-state index in [9.17, 15) is 18.0 Å². The number of carbonyl (C=O) groups is 1. The molecule has 0 radical (unpaired) electrons. The topological polar surface area (TPSA) is 41.6 Å². The molecule has 1 aliphatic rings. The van der Waals surface area contributed by atoms with Crippen molar-refractivity contribution >= 4 is 5.91 Å². The van der Waals surface area contributed by atoms with Crippen molar-refractivity contribution in [1.82, 2.24) is 10.2 Å². The molecule has 1 fully saturated rings. The lowest BCUT2D eigenvalue weighted by molar-refractivity contribution is -0.141. The predicted molar refractivity (Wildman–Crippen MR) is 73.9 cm³/mol. The highest BCUT2D eigenvalue weighted by molar-refractivity contribution is 5.87. The number of rotatable bonds is 5. The van der Waals surface area contributed by atoms with Gasteiger partial charge in [0.1, 0.15) is 0 Å². The third-order valence-corrected chi connectivity index (χ3v) is 3.18. The van der Waals surface area contributed by atoms with Crippen molar-refractivity contribution in [1.29, 1.82) is 0 Å². The van der Waals surface area contributed by atoms with E-state index in [4.69, 9.17) is 4.74 Å². The summed E-state index contributed by atoms with van der Waals surface area (Å²) in [6.07, 6.45) is -0.0308. The average Bonchev–Trinajstić information content (AvgIpc) is 2.24. The molecule has 21 heavy (non-hydrogen) atoms. The third kappa shape index (κ3) is 8.06. The van der Waals surface area contributed by atoms with Crippen LogP contribution in [0.25, 0.3) is 0 Å². The summed E-state index contributed by atoms with van der Waals surface area (Å²) in [5.41, 5.74) is -0.257. The number of nitrogens with one attached hydrogen (secondary N) is 1.